The van der Waals surface area contributed by atoms with Gasteiger partial charge >= 0.3 is 0 Å². The van der Waals surface area contributed by atoms with E-state index in [0.717, 1.165) is 19.8 Å². The summed E-state index contributed by atoms with van der Waals surface area (Å²) in [5.41, 5.74) is 2.68. The van der Waals surface area contributed by atoms with Crippen molar-refractivity contribution in [1.29, 1.82) is 0 Å². The van der Waals surface area contributed by atoms with Crippen molar-refractivity contribution in [3.63, 3.8) is 0 Å². The summed E-state index contributed by atoms with van der Waals surface area (Å²) in [7, 11) is 0. The van der Waals surface area contributed by atoms with Crippen molar-refractivity contribution >= 4 is 21.5 Å². The molecule has 0 spiro atoms. The van der Waals surface area contributed by atoms with E-state index in [9.17, 15) is 0 Å². The standard InChI is InChI=1S/C23H22N2/c1-3-13-22-18(7-1)9-5-11-20(22)15-24-17-25-16-21-12-6-10-19-8-2-4-14-23(19)21/h1-14,24-25H,15-17H2. The molecule has 4 rings (SSSR count). The molecule has 0 amide bonds. The van der Waals surface area contributed by atoms with Crippen molar-refractivity contribution in [2.24, 2.45) is 0 Å². The van der Waals surface area contributed by atoms with Crippen LogP contribution in [0.25, 0.3) is 21.5 Å². The summed E-state index contributed by atoms with van der Waals surface area (Å²) >= 11 is 0. The van der Waals surface area contributed by atoms with Crippen molar-refractivity contribution in [3.05, 3.63) is 96.1 Å². The normalized spacial score (nSPS) is 11.2. The molecule has 0 radical (unpaired) electrons. The predicted molar refractivity (Wildman–Crippen MR) is 106 cm³/mol. The van der Waals surface area contributed by atoms with Crippen molar-refractivity contribution in [2.75, 3.05) is 6.67 Å². The fraction of sp³-hybridized carbons (Fsp3) is 0.130. The van der Waals surface area contributed by atoms with Crippen LogP contribution in [0.5, 0.6) is 0 Å². The van der Waals surface area contributed by atoms with Gasteiger partial charge in [0.2, 0.25) is 0 Å². The molecule has 0 saturated carbocycles. The van der Waals surface area contributed by atoms with Crippen molar-refractivity contribution in [2.45, 2.75) is 13.1 Å². The van der Waals surface area contributed by atoms with Crippen LogP contribution in [0.1, 0.15) is 11.1 Å². The van der Waals surface area contributed by atoms with Gasteiger partial charge in [-0.1, -0.05) is 84.9 Å². The zero-order chi connectivity index (χ0) is 16.9. The molecule has 25 heavy (non-hydrogen) atoms. The average molecular weight is 326 g/mol. The van der Waals surface area contributed by atoms with E-state index in [1.165, 1.54) is 32.7 Å². The minimum absolute atomic E-state index is 0.784. The van der Waals surface area contributed by atoms with E-state index in [2.05, 4.69) is 95.6 Å². The molecule has 0 heterocycles. The minimum atomic E-state index is 0.784. The van der Waals surface area contributed by atoms with Gasteiger partial charge in [-0.2, -0.15) is 0 Å². The number of rotatable bonds is 6. The van der Waals surface area contributed by atoms with E-state index in [-0.39, 0.29) is 0 Å². The molecule has 0 unspecified atom stereocenters. The first-order valence-corrected chi connectivity index (χ1v) is 8.76. The first kappa shape index (κ1) is 15.8. The summed E-state index contributed by atoms with van der Waals surface area (Å²) in [5, 5.41) is 12.2. The largest absolute Gasteiger partial charge is 0.300 e. The van der Waals surface area contributed by atoms with E-state index >= 15 is 0 Å². The van der Waals surface area contributed by atoms with Crippen LogP contribution in [0.15, 0.2) is 84.9 Å². The lowest BCUT2D eigenvalue weighted by Gasteiger charge is -2.11. The molecule has 0 aliphatic heterocycles. The molecule has 0 fully saturated rings. The Morgan fingerprint density at radius 3 is 1.44 bits per heavy atom. The van der Waals surface area contributed by atoms with E-state index in [1.54, 1.807) is 0 Å². The molecule has 4 aromatic rings. The van der Waals surface area contributed by atoms with Gasteiger partial charge < -0.3 is 10.6 Å². The summed E-state index contributed by atoms with van der Waals surface area (Å²) in [6, 6.07) is 30.1. The Bertz CT molecular complexity index is 899. The van der Waals surface area contributed by atoms with Gasteiger partial charge in [0.15, 0.2) is 0 Å². The molecule has 0 aliphatic rings. The maximum atomic E-state index is 3.50. The zero-order valence-corrected chi connectivity index (χ0v) is 14.2. The van der Waals surface area contributed by atoms with Gasteiger partial charge in [0.05, 0.1) is 0 Å². The highest BCUT2D eigenvalue weighted by molar-refractivity contribution is 5.86. The maximum absolute atomic E-state index is 3.50. The lowest BCUT2D eigenvalue weighted by molar-refractivity contribution is 0.584. The summed E-state index contributed by atoms with van der Waals surface area (Å²) in [5.74, 6) is 0. The Labute approximate surface area is 148 Å². The van der Waals surface area contributed by atoms with Crippen molar-refractivity contribution in [3.8, 4) is 0 Å². The first-order chi connectivity index (χ1) is 12.4. The second kappa shape index (κ2) is 7.47. The molecule has 0 bridgehead atoms. The lowest BCUT2D eigenvalue weighted by Crippen LogP contribution is -2.28. The lowest BCUT2D eigenvalue weighted by atomic mass is 10.0. The summed E-state index contributed by atoms with van der Waals surface area (Å²) < 4.78 is 0. The molecule has 0 aliphatic carbocycles. The smallest absolute Gasteiger partial charge is 0.0459 e. The maximum Gasteiger partial charge on any atom is 0.0459 e. The molecule has 2 heteroatoms. The molecule has 2 N–H and O–H groups in total. The number of nitrogens with one attached hydrogen (secondary N) is 2. The van der Waals surface area contributed by atoms with Gasteiger partial charge in [0.1, 0.15) is 0 Å². The Balaban J connectivity index is 1.35. The quantitative estimate of drug-likeness (QED) is 0.392. The van der Waals surface area contributed by atoms with E-state index in [1.807, 2.05) is 0 Å². The number of fused-ring (bicyclic) bond motifs is 2. The van der Waals surface area contributed by atoms with E-state index in [4.69, 9.17) is 0 Å². The number of benzene rings is 4. The summed E-state index contributed by atoms with van der Waals surface area (Å²) in [6.45, 7) is 2.51. The second-order valence-corrected chi connectivity index (χ2v) is 6.31. The molecule has 124 valence electrons. The Morgan fingerprint density at radius 2 is 0.920 bits per heavy atom. The first-order valence-electron chi connectivity index (χ1n) is 8.76. The second-order valence-electron chi connectivity index (χ2n) is 6.31. The van der Waals surface area contributed by atoms with Gasteiger partial charge in [-0.05, 0) is 32.7 Å². The Hall–Kier alpha value is -2.68. The van der Waals surface area contributed by atoms with Gasteiger partial charge in [0, 0.05) is 19.8 Å². The highest BCUT2D eigenvalue weighted by Gasteiger charge is 2.01. The summed E-state index contributed by atoms with van der Waals surface area (Å²) in [4.78, 5) is 0. The van der Waals surface area contributed by atoms with Crippen LogP contribution in [-0.4, -0.2) is 6.67 Å². The van der Waals surface area contributed by atoms with Crippen LogP contribution in [0.3, 0.4) is 0 Å². The Morgan fingerprint density at radius 1 is 0.480 bits per heavy atom. The fourth-order valence-electron chi connectivity index (χ4n) is 3.38. The molecular weight excluding hydrogens is 304 g/mol. The van der Waals surface area contributed by atoms with Crippen LogP contribution in [0, 0.1) is 0 Å². The van der Waals surface area contributed by atoms with E-state index in [0.29, 0.717) is 0 Å². The third kappa shape index (κ3) is 3.55. The van der Waals surface area contributed by atoms with Crippen LogP contribution >= 0.6 is 0 Å². The minimum Gasteiger partial charge on any atom is -0.300 e. The number of hydrogen-bond donors (Lipinski definition) is 2. The van der Waals surface area contributed by atoms with Gasteiger partial charge in [-0.15, -0.1) is 0 Å². The monoisotopic (exact) mass is 326 g/mol. The average Bonchev–Trinajstić information content (AvgIpc) is 2.68. The van der Waals surface area contributed by atoms with Crippen molar-refractivity contribution in [1.82, 2.24) is 10.6 Å². The zero-order valence-electron chi connectivity index (χ0n) is 14.2. The van der Waals surface area contributed by atoms with Crippen LogP contribution in [0.2, 0.25) is 0 Å². The molecular formula is C23H22N2. The van der Waals surface area contributed by atoms with Crippen LogP contribution < -0.4 is 10.6 Å². The molecule has 4 aromatic carbocycles. The van der Waals surface area contributed by atoms with E-state index < -0.39 is 0 Å². The topological polar surface area (TPSA) is 24.1 Å². The Kier molecular flexibility index (Phi) is 4.73. The molecule has 2 nitrogen and oxygen atoms in total. The SMILES string of the molecule is c1ccc2c(CNCNCc3cccc4ccccc34)cccc2c1. The van der Waals surface area contributed by atoms with Gasteiger partial charge in [-0.25, -0.2) is 0 Å². The van der Waals surface area contributed by atoms with Gasteiger partial charge in [0.25, 0.3) is 0 Å². The highest BCUT2D eigenvalue weighted by atomic mass is 15.0. The predicted octanol–water partition coefficient (Wildman–Crippen LogP) is 4.83. The van der Waals surface area contributed by atoms with Crippen LogP contribution in [0.4, 0.5) is 0 Å². The summed E-state index contributed by atoms with van der Waals surface area (Å²) in [6.07, 6.45) is 0. The molecule has 0 atom stereocenters. The number of hydrogen-bond acceptors (Lipinski definition) is 2. The van der Waals surface area contributed by atoms with Crippen LogP contribution in [-0.2, 0) is 13.1 Å². The third-order valence-electron chi connectivity index (χ3n) is 4.64. The molecule has 0 saturated heterocycles. The third-order valence-corrected chi connectivity index (χ3v) is 4.64. The van der Waals surface area contributed by atoms with Crippen molar-refractivity contribution < 1.29 is 0 Å². The van der Waals surface area contributed by atoms with Gasteiger partial charge in [-0.3, -0.25) is 0 Å². The molecule has 0 aromatic heterocycles. The highest BCUT2D eigenvalue weighted by Crippen LogP contribution is 2.19. The fourth-order valence-corrected chi connectivity index (χ4v) is 3.38.